The number of nitrogens with one attached hydrogen (secondary N) is 1. The fourth-order valence-electron chi connectivity index (χ4n) is 3.49. The van der Waals surface area contributed by atoms with E-state index in [4.69, 9.17) is 11.6 Å². The van der Waals surface area contributed by atoms with Gasteiger partial charge >= 0.3 is 0 Å². The first-order chi connectivity index (χ1) is 14.5. The van der Waals surface area contributed by atoms with Gasteiger partial charge in [-0.1, -0.05) is 23.7 Å². The van der Waals surface area contributed by atoms with Crippen LogP contribution in [0, 0.1) is 5.82 Å². The molecule has 0 bridgehead atoms. The number of rotatable bonds is 5. The Hall–Kier alpha value is -2.04. The molecule has 1 amide bonds. The van der Waals surface area contributed by atoms with Crippen LogP contribution in [-0.2, 0) is 20.4 Å². The van der Waals surface area contributed by atoms with Crippen molar-refractivity contribution in [1.29, 1.82) is 0 Å². The minimum atomic E-state index is -3.94. The number of anilines is 1. The van der Waals surface area contributed by atoms with Gasteiger partial charge in [0.2, 0.25) is 5.91 Å². The Morgan fingerprint density at radius 2 is 1.97 bits per heavy atom. The molecule has 0 spiro atoms. The van der Waals surface area contributed by atoms with Crippen LogP contribution < -0.4 is 9.62 Å². The molecule has 2 heterocycles. The van der Waals surface area contributed by atoms with E-state index in [0.29, 0.717) is 10.6 Å². The van der Waals surface area contributed by atoms with Crippen molar-refractivity contribution in [2.24, 2.45) is 0 Å². The third kappa shape index (κ3) is 4.33. The molecule has 10 heteroatoms. The highest BCUT2D eigenvalue weighted by molar-refractivity contribution is 7.91. The van der Waals surface area contributed by atoms with Crippen LogP contribution in [0.15, 0.2) is 46.7 Å². The number of aliphatic hydroxyl groups is 1. The number of halogens is 2. The zero-order valence-corrected chi connectivity index (χ0v) is 19.1. The number of carbonyl (C=O) groups is 1. The highest BCUT2D eigenvalue weighted by Gasteiger charge is 2.37. The summed E-state index contributed by atoms with van der Waals surface area (Å²) in [6, 6.07) is 9.79. The van der Waals surface area contributed by atoms with Gasteiger partial charge in [0.15, 0.2) is 0 Å². The van der Waals surface area contributed by atoms with Crippen molar-refractivity contribution in [3.63, 3.8) is 0 Å². The van der Waals surface area contributed by atoms with Crippen LogP contribution in [0.4, 0.5) is 10.1 Å². The number of hydrogen-bond acceptors (Lipinski definition) is 5. The molecule has 0 saturated carbocycles. The lowest BCUT2D eigenvalue weighted by Gasteiger charge is -2.22. The van der Waals surface area contributed by atoms with E-state index in [2.05, 4.69) is 4.72 Å². The van der Waals surface area contributed by atoms with Crippen LogP contribution in [0.5, 0.6) is 0 Å². The lowest BCUT2D eigenvalue weighted by molar-refractivity contribution is -0.118. The topological polar surface area (TPSA) is 86.7 Å². The number of nitrogens with zero attached hydrogens (tertiary/aromatic N) is 1. The van der Waals surface area contributed by atoms with Crippen LogP contribution >= 0.6 is 22.9 Å². The minimum Gasteiger partial charge on any atom is -0.386 e. The fraction of sp³-hybridized carbons (Fsp3) is 0.286. The zero-order valence-electron chi connectivity index (χ0n) is 16.7. The van der Waals surface area contributed by atoms with E-state index in [1.807, 2.05) is 0 Å². The number of hydrogen-bond donors (Lipinski definition) is 2. The standard InChI is InChI=1S/C21H20ClFN2O4S2/c1-21(2,27)13-4-6-17(15(23)10-13)25-8-7-16(20(25)26)24-31(28,29)19-9-12-3-5-14(22)11-18(12)30-19/h3-6,9-11,16,24,27H,7-8H2,1-2H3. The van der Waals surface area contributed by atoms with Crippen LogP contribution in [0.2, 0.25) is 5.02 Å². The van der Waals surface area contributed by atoms with Crippen molar-refractivity contribution in [1.82, 2.24) is 4.72 Å². The van der Waals surface area contributed by atoms with Gasteiger partial charge in [-0.05, 0) is 61.5 Å². The number of carbonyl (C=O) groups excluding carboxylic acids is 1. The van der Waals surface area contributed by atoms with E-state index >= 15 is 0 Å². The van der Waals surface area contributed by atoms with Gasteiger partial charge in [0.1, 0.15) is 16.1 Å². The van der Waals surface area contributed by atoms with E-state index in [0.717, 1.165) is 21.4 Å². The molecule has 2 N–H and O–H groups in total. The Morgan fingerprint density at radius 3 is 2.65 bits per heavy atom. The van der Waals surface area contributed by atoms with Gasteiger partial charge in [-0.3, -0.25) is 4.79 Å². The van der Waals surface area contributed by atoms with E-state index in [1.54, 1.807) is 24.3 Å². The van der Waals surface area contributed by atoms with Crippen LogP contribution in [0.1, 0.15) is 25.8 Å². The maximum atomic E-state index is 14.6. The van der Waals surface area contributed by atoms with Gasteiger partial charge in [0.25, 0.3) is 10.0 Å². The molecule has 0 aliphatic carbocycles. The third-order valence-corrected chi connectivity index (χ3v) is 8.45. The molecule has 1 aliphatic rings. The van der Waals surface area contributed by atoms with E-state index in [-0.39, 0.29) is 22.9 Å². The highest BCUT2D eigenvalue weighted by atomic mass is 35.5. The Labute approximate surface area is 188 Å². The van der Waals surface area contributed by atoms with Gasteiger partial charge < -0.3 is 10.0 Å². The average Bonchev–Trinajstić information content (AvgIpc) is 3.25. The second-order valence-electron chi connectivity index (χ2n) is 7.93. The molecule has 1 unspecified atom stereocenters. The molecule has 3 aromatic rings. The number of fused-ring (bicyclic) bond motifs is 1. The quantitative estimate of drug-likeness (QED) is 0.575. The molecule has 1 aromatic heterocycles. The number of sulfonamides is 1. The largest absolute Gasteiger partial charge is 0.386 e. The molecule has 1 fully saturated rings. The minimum absolute atomic E-state index is 0.0520. The van der Waals surface area contributed by atoms with Crippen molar-refractivity contribution in [3.05, 3.63) is 58.9 Å². The van der Waals surface area contributed by atoms with Gasteiger partial charge in [-0.25, -0.2) is 12.8 Å². The summed E-state index contributed by atoms with van der Waals surface area (Å²) in [7, 11) is -3.94. The smallest absolute Gasteiger partial charge is 0.250 e. The fourth-order valence-corrected chi connectivity index (χ4v) is 6.41. The second kappa shape index (κ2) is 7.83. The van der Waals surface area contributed by atoms with Crippen molar-refractivity contribution < 1.29 is 22.7 Å². The average molecular weight is 483 g/mol. The molecule has 6 nitrogen and oxygen atoms in total. The molecule has 31 heavy (non-hydrogen) atoms. The predicted octanol–water partition coefficient (Wildman–Crippen LogP) is 4.01. The highest BCUT2D eigenvalue weighted by Crippen LogP contribution is 2.33. The van der Waals surface area contributed by atoms with Crippen molar-refractivity contribution in [2.75, 3.05) is 11.4 Å². The predicted molar refractivity (Wildman–Crippen MR) is 120 cm³/mol. The molecule has 2 aromatic carbocycles. The van der Waals surface area contributed by atoms with Crippen molar-refractivity contribution in [3.8, 4) is 0 Å². The third-order valence-electron chi connectivity index (χ3n) is 5.17. The van der Waals surface area contributed by atoms with Crippen molar-refractivity contribution >= 4 is 54.6 Å². The lowest BCUT2D eigenvalue weighted by Crippen LogP contribution is -2.41. The Bertz CT molecular complexity index is 1280. The van der Waals surface area contributed by atoms with Gasteiger partial charge in [0, 0.05) is 16.3 Å². The van der Waals surface area contributed by atoms with Crippen LogP contribution in [0.3, 0.4) is 0 Å². The Kier molecular flexibility index (Phi) is 5.60. The molecule has 1 saturated heterocycles. The monoisotopic (exact) mass is 482 g/mol. The molecular weight excluding hydrogens is 463 g/mol. The number of thiophene rings is 1. The lowest BCUT2D eigenvalue weighted by atomic mass is 9.98. The summed E-state index contributed by atoms with van der Waals surface area (Å²) in [5, 5.41) is 11.3. The summed E-state index contributed by atoms with van der Waals surface area (Å²) >= 11 is 7.03. The van der Waals surface area contributed by atoms with E-state index < -0.39 is 33.4 Å². The van der Waals surface area contributed by atoms with Gasteiger partial charge in [-0.2, -0.15) is 4.72 Å². The first kappa shape index (κ1) is 22.2. The summed E-state index contributed by atoms with van der Waals surface area (Å²) in [6.07, 6.45) is 0.210. The summed E-state index contributed by atoms with van der Waals surface area (Å²) in [4.78, 5) is 14.1. The molecular formula is C21H20ClFN2O4S2. The van der Waals surface area contributed by atoms with E-state index in [1.165, 1.54) is 36.9 Å². The van der Waals surface area contributed by atoms with Gasteiger partial charge in [-0.15, -0.1) is 11.3 Å². The second-order valence-corrected chi connectivity index (χ2v) is 11.4. The summed E-state index contributed by atoms with van der Waals surface area (Å²) in [5.74, 6) is -1.18. The SMILES string of the molecule is CC(C)(O)c1ccc(N2CCC(NS(=O)(=O)c3cc4ccc(Cl)cc4s3)C2=O)c(F)c1. The normalized spacial score (nSPS) is 17.6. The van der Waals surface area contributed by atoms with E-state index in [9.17, 15) is 22.7 Å². The molecule has 4 rings (SSSR count). The molecule has 164 valence electrons. The maximum Gasteiger partial charge on any atom is 0.250 e. The molecule has 0 radical (unpaired) electrons. The number of amides is 1. The first-order valence-corrected chi connectivity index (χ1v) is 12.2. The maximum absolute atomic E-state index is 14.6. The Morgan fingerprint density at radius 1 is 1.23 bits per heavy atom. The summed E-state index contributed by atoms with van der Waals surface area (Å²) in [5.41, 5.74) is -0.792. The zero-order chi connectivity index (χ0) is 22.6. The van der Waals surface area contributed by atoms with Crippen LogP contribution in [-0.4, -0.2) is 32.0 Å². The number of benzene rings is 2. The van der Waals surface area contributed by atoms with Crippen molar-refractivity contribution in [2.45, 2.75) is 36.1 Å². The molecule has 1 aliphatic heterocycles. The van der Waals surface area contributed by atoms with Gasteiger partial charge in [0.05, 0.1) is 11.3 Å². The Balaban J connectivity index is 1.55. The first-order valence-electron chi connectivity index (χ1n) is 9.51. The van der Waals surface area contributed by atoms with Crippen LogP contribution in [0.25, 0.3) is 10.1 Å². The summed E-state index contributed by atoms with van der Waals surface area (Å²) < 4.78 is 43.6. The molecule has 1 atom stereocenters. The summed E-state index contributed by atoms with van der Waals surface area (Å²) in [6.45, 7) is 3.25.